The zero-order chi connectivity index (χ0) is 16.1. The number of likely N-dealkylation sites (tertiary alicyclic amines) is 1. The highest BCUT2D eigenvalue weighted by Gasteiger charge is 2.22. The molecule has 0 saturated carbocycles. The van der Waals surface area contributed by atoms with Crippen molar-refractivity contribution in [1.82, 2.24) is 10.2 Å². The molecule has 0 spiro atoms. The van der Waals surface area contributed by atoms with Gasteiger partial charge in [-0.05, 0) is 37.8 Å². The Balaban J connectivity index is 1.81. The lowest BCUT2D eigenvalue weighted by atomic mass is 9.97. The Bertz CT molecular complexity index is 560. The van der Waals surface area contributed by atoms with E-state index in [-0.39, 0.29) is 11.7 Å². The molecule has 1 aliphatic heterocycles. The molecule has 1 saturated heterocycles. The number of rotatable bonds is 4. The first kappa shape index (κ1) is 16.0. The van der Waals surface area contributed by atoms with E-state index >= 15 is 0 Å². The van der Waals surface area contributed by atoms with Crippen LogP contribution in [0, 0.1) is 5.92 Å². The number of Topliss-reactive ketones (excluding diaryl/α,β-unsaturated/α-hetero) is 1. The van der Waals surface area contributed by atoms with E-state index in [0.717, 1.165) is 12.8 Å². The van der Waals surface area contributed by atoms with Crippen LogP contribution in [0.4, 0.5) is 4.79 Å². The highest BCUT2D eigenvalue weighted by atomic mass is 16.4. The maximum atomic E-state index is 12.0. The molecule has 2 amide bonds. The molecule has 22 heavy (non-hydrogen) atoms. The zero-order valence-corrected chi connectivity index (χ0v) is 12.5. The molecule has 1 aliphatic rings. The van der Waals surface area contributed by atoms with Crippen molar-refractivity contribution < 1.29 is 19.5 Å². The van der Waals surface area contributed by atoms with Crippen LogP contribution < -0.4 is 5.32 Å². The molecule has 0 unspecified atom stereocenters. The number of hydrogen-bond acceptors (Lipinski definition) is 3. The van der Waals surface area contributed by atoms with E-state index < -0.39 is 6.09 Å². The Morgan fingerprint density at radius 3 is 2.18 bits per heavy atom. The summed E-state index contributed by atoms with van der Waals surface area (Å²) in [6.45, 7) is 3.06. The molecule has 1 aromatic carbocycles. The Kier molecular flexibility index (Phi) is 5.14. The highest BCUT2D eigenvalue weighted by Crippen LogP contribution is 2.16. The van der Waals surface area contributed by atoms with E-state index in [0.29, 0.717) is 36.7 Å². The van der Waals surface area contributed by atoms with Gasteiger partial charge in [-0.1, -0.05) is 12.1 Å². The van der Waals surface area contributed by atoms with Gasteiger partial charge in [0.2, 0.25) is 0 Å². The van der Waals surface area contributed by atoms with Crippen molar-refractivity contribution in [2.24, 2.45) is 5.92 Å². The smallest absolute Gasteiger partial charge is 0.407 e. The lowest BCUT2D eigenvalue weighted by Crippen LogP contribution is -2.40. The lowest BCUT2D eigenvalue weighted by molar-refractivity contribution is 0.0927. The summed E-state index contributed by atoms with van der Waals surface area (Å²) in [4.78, 5) is 35.4. The quantitative estimate of drug-likeness (QED) is 0.833. The van der Waals surface area contributed by atoms with Crippen molar-refractivity contribution in [2.45, 2.75) is 19.8 Å². The predicted octanol–water partition coefficient (Wildman–Crippen LogP) is 2.01. The summed E-state index contributed by atoms with van der Waals surface area (Å²) < 4.78 is 0. The summed E-state index contributed by atoms with van der Waals surface area (Å²) in [5.41, 5.74) is 1.10. The summed E-state index contributed by atoms with van der Waals surface area (Å²) in [7, 11) is 0. The molecule has 1 heterocycles. The highest BCUT2D eigenvalue weighted by molar-refractivity contribution is 5.97. The first-order valence-corrected chi connectivity index (χ1v) is 7.34. The van der Waals surface area contributed by atoms with Crippen molar-refractivity contribution >= 4 is 17.8 Å². The van der Waals surface area contributed by atoms with Gasteiger partial charge in [0.05, 0.1) is 0 Å². The maximum absolute atomic E-state index is 12.0. The SMILES string of the molecule is CC(=O)c1ccc(C(=O)NCC2CCN(C(=O)O)CC2)cc1. The molecule has 6 heteroatoms. The second kappa shape index (κ2) is 7.06. The molecule has 1 fully saturated rings. The number of nitrogens with zero attached hydrogens (tertiary/aromatic N) is 1. The molecule has 0 aliphatic carbocycles. The molecular weight excluding hydrogens is 284 g/mol. The minimum Gasteiger partial charge on any atom is -0.465 e. The van der Waals surface area contributed by atoms with Crippen LogP contribution in [0.5, 0.6) is 0 Å². The first-order chi connectivity index (χ1) is 10.5. The molecular formula is C16H20N2O4. The average Bonchev–Trinajstić information content (AvgIpc) is 2.53. The van der Waals surface area contributed by atoms with E-state index in [4.69, 9.17) is 5.11 Å². The predicted molar refractivity (Wildman–Crippen MR) is 81.1 cm³/mol. The van der Waals surface area contributed by atoms with E-state index in [2.05, 4.69) is 5.32 Å². The number of carbonyl (C=O) groups is 3. The largest absolute Gasteiger partial charge is 0.465 e. The molecule has 0 atom stereocenters. The molecule has 6 nitrogen and oxygen atoms in total. The van der Waals surface area contributed by atoms with Crippen molar-refractivity contribution in [3.05, 3.63) is 35.4 Å². The number of amides is 2. The lowest BCUT2D eigenvalue weighted by Gasteiger charge is -2.29. The van der Waals surface area contributed by atoms with E-state index in [9.17, 15) is 14.4 Å². The summed E-state index contributed by atoms with van der Waals surface area (Å²) >= 11 is 0. The van der Waals surface area contributed by atoms with Crippen LogP contribution >= 0.6 is 0 Å². The molecule has 2 N–H and O–H groups in total. The van der Waals surface area contributed by atoms with E-state index in [1.807, 2.05) is 0 Å². The third-order valence-corrected chi connectivity index (χ3v) is 3.99. The standard InChI is InChI=1S/C16H20N2O4/c1-11(19)13-2-4-14(5-3-13)15(20)17-10-12-6-8-18(9-7-12)16(21)22/h2-5,12H,6-10H2,1H3,(H,17,20)(H,21,22). The number of carbonyl (C=O) groups excluding carboxylic acids is 2. The Morgan fingerprint density at radius 1 is 1.14 bits per heavy atom. The monoisotopic (exact) mass is 304 g/mol. The van der Waals surface area contributed by atoms with Gasteiger partial charge in [-0.15, -0.1) is 0 Å². The molecule has 0 radical (unpaired) electrons. The van der Waals surface area contributed by atoms with Crippen molar-refractivity contribution in [3.8, 4) is 0 Å². The summed E-state index contributed by atoms with van der Waals surface area (Å²) in [6, 6.07) is 6.56. The molecule has 118 valence electrons. The van der Waals surface area contributed by atoms with E-state index in [1.165, 1.54) is 11.8 Å². The fraction of sp³-hybridized carbons (Fsp3) is 0.438. The Morgan fingerprint density at radius 2 is 1.68 bits per heavy atom. The summed E-state index contributed by atoms with van der Waals surface area (Å²) in [6.07, 6.45) is 0.638. The number of carboxylic acid groups (broad SMARTS) is 1. The van der Waals surface area contributed by atoms with Crippen molar-refractivity contribution in [2.75, 3.05) is 19.6 Å². The Hall–Kier alpha value is -2.37. The summed E-state index contributed by atoms with van der Waals surface area (Å²) in [5, 5.41) is 11.8. The van der Waals surface area contributed by atoms with Crippen LogP contribution in [0.15, 0.2) is 24.3 Å². The maximum Gasteiger partial charge on any atom is 0.407 e. The van der Waals surface area contributed by atoms with Gasteiger partial charge in [0.1, 0.15) is 0 Å². The van der Waals surface area contributed by atoms with Gasteiger partial charge in [0.15, 0.2) is 5.78 Å². The van der Waals surface area contributed by atoms with Gasteiger partial charge in [0.25, 0.3) is 5.91 Å². The zero-order valence-electron chi connectivity index (χ0n) is 12.5. The van der Waals surface area contributed by atoms with Crippen molar-refractivity contribution in [3.63, 3.8) is 0 Å². The van der Waals surface area contributed by atoms with Crippen LogP contribution in [0.25, 0.3) is 0 Å². The number of nitrogens with one attached hydrogen (secondary N) is 1. The minimum absolute atomic E-state index is 0.0304. The third-order valence-electron chi connectivity index (χ3n) is 3.99. The topological polar surface area (TPSA) is 86.7 Å². The fourth-order valence-electron chi connectivity index (χ4n) is 2.52. The van der Waals surface area contributed by atoms with Gasteiger partial charge in [0, 0.05) is 30.8 Å². The van der Waals surface area contributed by atoms with Gasteiger partial charge < -0.3 is 15.3 Å². The number of benzene rings is 1. The number of piperidine rings is 1. The van der Waals surface area contributed by atoms with Crippen LogP contribution in [-0.4, -0.2) is 47.4 Å². The number of hydrogen-bond donors (Lipinski definition) is 2. The summed E-state index contributed by atoms with van der Waals surface area (Å²) in [5.74, 6) is 0.101. The second-order valence-electron chi connectivity index (χ2n) is 5.56. The van der Waals surface area contributed by atoms with Gasteiger partial charge in [-0.25, -0.2) is 4.79 Å². The van der Waals surface area contributed by atoms with Gasteiger partial charge in [-0.2, -0.15) is 0 Å². The minimum atomic E-state index is -0.881. The van der Waals surface area contributed by atoms with Gasteiger partial charge >= 0.3 is 6.09 Å². The average molecular weight is 304 g/mol. The van der Waals surface area contributed by atoms with Crippen LogP contribution in [0.1, 0.15) is 40.5 Å². The third kappa shape index (κ3) is 4.07. The van der Waals surface area contributed by atoms with Crippen LogP contribution in [0.3, 0.4) is 0 Å². The second-order valence-corrected chi connectivity index (χ2v) is 5.56. The fourth-order valence-corrected chi connectivity index (χ4v) is 2.52. The molecule has 0 bridgehead atoms. The molecule has 0 aromatic heterocycles. The van der Waals surface area contributed by atoms with Crippen LogP contribution in [0.2, 0.25) is 0 Å². The molecule has 2 rings (SSSR count). The normalized spacial score (nSPS) is 15.4. The number of ketones is 1. The first-order valence-electron chi connectivity index (χ1n) is 7.34. The van der Waals surface area contributed by atoms with Crippen LogP contribution in [-0.2, 0) is 0 Å². The van der Waals surface area contributed by atoms with E-state index in [1.54, 1.807) is 24.3 Å². The van der Waals surface area contributed by atoms with Gasteiger partial charge in [-0.3, -0.25) is 9.59 Å². The Labute approximate surface area is 129 Å². The van der Waals surface area contributed by atoms with Crippen molar-refractivity contribution in [1.29, 1.82) is 0 Å². The molecule has 1 aromatic rings.